The Labute approximate surface area is 125 Å². The molecule has 0 radical (unpaired) electrons. The first-order valence-electron chi connectivity index (χ1n) is 7.34. The maximum atomic E-state index is 9.96. The standard InChI is InChI=1S/C14H26O7/c1-7-13(16)9(17-3)6-12(20-7)21-14-8(2)19-11(15)5-10(14)18-4/h7-16H,5-6H2,1-4H3/t7-,8-,9-,10-,11+,12-,13-,14?/m0/s1. The van der Waals surface area contributed by atoms with Crippen LogP contribution in [-0.2, 0) is 23.7 Å². The fourth-order valence-electron chi connectivity index (χ4n) is 2.95. The second-order valence-electron chi connectivity index (χ2n) is 5.68. The fourth-order valence-corrected chi connectivity index (χ4v) is 2.95. The van der Waals surface area contributed by atoms with Crippen molar-refractivity contribution in [2.24, 2.45) is 0 Å². The first-order valence-corrected chi connectivity index (χ1v) is 7.34. The molecule has 0 amide bonds. The van der Waals surface area contributed by atoms with Gasteiger partial charge < -0.3 is 33.9 Å². The molecule has 0 aromatic rings. The third kappa shape index (κ3) is 3.92. The van der Waals surface area contributed by atoms with E-state index in [0.717, 1.165) is 0 Å². The third-order valence-corrected chi connectivity index (χ3v) is 4.20. The van der Waals surface area contributed by atoms with Crippen molar-refractivity contribution in [2.45, 2.75) is 75.9 Å². The van der Waals surface area contributed by atoms with E-state index < -0.39 is 18.7 Å². The van der Waals surface area contributed by atoms with E-state index in [-0.39, 0.29) is 30.5 Å². The number of methoxy groups -OCH3 is 2. The van der Waals surface area contributed by atoms with E-state index in [1.807, 2.05) is 6.92 Å². The summed E-state index contributed by atoms with van der Waals surface area (Å²) in [4.78, 5) is 0. The molecule has 2 N–H and O–H groups in total. The molecule has 0 aromatic heterocycles. The molecule has 0 bridgehead atoms. The minimum Gasteiger partial charge on any atom is -0.388 e. The number of aliphatic hydroxyl groups is 2. The SMILES string of the molecule is CO[C@H]1C[C@H](O)O[C@@H](C)C1O[C@H]1C[C@H](OC)[C@@H](O)[C@H](C)O1. The van der Waals surface area contributed by atoms with Crippen LogP contribution in [0.3, 0.4) is 0 Å². The van der Waals surface area contributed by atoms with Gasteiger partial charge in [0.25, 0.3) is 0 Å². The highest BCUT2D eigenvalue weighted by molar-refractivity contribution is 4.86. The predicted octanol–water partition coefficient (Wildman–Crippen LogP) is 0.0246. The summed E-state index contributed by atoms with van der Waals surface area (Å²) in [6.07, 6.45) is -2.86. The number of ether oxygens (including phenoxy) is 5. The molecule has 2 saturated heterocycles. The van der Waals surface area contributed by atoms with Gasteiger partial charge in [0.15, 0.2) is 12.6 Å². The Balaban J connectivity index is 1.99. The summed E-state index contributed by atoms with van der Waals surface area (Å²) in [5.41, 5.74) is 0. The molecule has 0 saturated carbocycles. The van der Waals surface area contributed by atoms with Crippen LogP contribution < -0.4 is 0 Å². The van der Waals surface area contributed by atoms with Crippen molar-refractivity contribution in [3.05, 3.63) is 0 Å². The van der Waals surface area contributed by atoms with Crippen LogP contribution in [0.2, 0.25) is 0 Å². The maximum absolute atomic E-state index is 9.96. The quantitative estimate of drug-likeness (QED) is 0.757. The van der Waals surface area contributed by atoms with Gasteiger partial charge in [-0.15, -0.1) is 0 Å². The monoisotopic (exact) mass is 306 g/mol. The van der Waals surface area contributed by atoms with Gasteiger partial charge in [-0.05, 0) is 13.8 Å². The van der Waals surface area contributed by atoms with Gasteiger partial charge in [-0.1, -0.05) is 0 Å². The lowest BCUT2D eigenvalue weighted by Gasteiger charge is -2.42. The predicted molar refractivity (Wildman–Crippen MR) is 72.6 cm³/mol. The molecule has 2 rings (SSSR count). The molecule has 2 aliphatic rings. The Morgan fingerprint density at radius 3 is 2.19 bits per heavy atom. The fraction of sp³-hybridized carbons (Fsp3) is 1.00. The molecule has 2 fully saturated rings. The van der Waals surface area contributed by atoms with E-state index in [0.29, 0.717) is 12.8 Å². The summed E-state index contributed by atoms with van der Waals surface area (Å²) in [7, 11) is 3.14. The lowest BCUT2D eigenvalue weighted by atomic mass is 10.0. The van der Waals surface area contributed by atoms with Gasteiger partial charge in [0.2, 0.25) is 0 Å². The summed E-state index contributed by atoms with van der Waals surface area (Å²) in [5.74, 6) is 0. The second-order valence-corrected chi connectivity index (χ2v) is 5.68. The van der Waals surface area contributed by atoms with E-state index in [1.54, 1.807) is 21.1 Å². The minimum atomic E-state index is -0.843. The van der Waals surface area contributed by atoms with Crippen LogP contribution >= 0.6 is 0 Å². The van der Waals surface area contributed by atoms with E-state index in [1.165, 1.54) is 0 Å². The minimum absolute atomic E-state index is 0.268. The number of hydrogen-bond acceptors (Lipinski definition) is 7. The summed E-state index contributed by atoms with van der Waals surface area (Å²) >= 11 is 0. The van der Waals surface area contributed by atoms with Crippen LogP contribution in [0, 0.1) is 0 Å². The summed E-state index contributed by atoms with van der Waals surface area (Å²) in [6, 6.07) is 0. The smallest absolute Gasteiger partial charge is 0.161 e. The van der Waals surface area contributed by atoms with Crippen molar-refractivity contribution in [3.63, 3.8) is 0 Å². The summed E-state index contributed by atoms with van der Waals surface area (Å²) in [6.45, 7) is 3.61. The van der Waals surface area contributed by atoms with Crippen molar-refractivity contribution in [1.82, 2.24) is 0 Å². The van der Waals surface area contributed by atoms with Gasteiger partial charge in [0.05, 0.1) is 24.4 Å². The van der Waals surface area contributed by atoms with E-state index in [2.05, 4.69) is 0 Å². The highest BCUT2D eigenvalue weighted by atomic mass is 16.7. The van der Waals surface area contributed by atoms with Crippen LogP contribution in [0.4, 0.5) is 0 Å². The van der Waals surface area contributed by atoms with Crippen LogP contribution in [0.1, 0.15) is 26.7 Å². The molecule has 124 valence electrons. The van der Waals surface area contributed by atoms with Gasteiger partial charge in [0, 0.05) is 27.1 Å². The molecule has 2 aliphatic heterocycles. The lowest BCUT2D eigenvalue weighted by Crippen LogP contribution is -2.54. The van der Waals surface area contributed by atoms with Crippen LogP contribution in [-0.4, -0.2) is 73.6 Å². The van der Waals surface area contributed by atoms with Gasteiger partial charge in [-0.2, -0.15) is 0 Å². The molecule has 0 aromatic carbocycles. The first kappa shape index (κ1) is 17.1. The average Bonchev–Trinajstić information content (AvgIpc) is 2.45. The van der Waals surface area contributed by atoms with Crippen LogP contribution in [0.5, 0.6) is 0 Å². The zero-order chi connectivity index (χ0) is 15.6. The van der Waals surface area contributed by atoms with Gasteiger partial charge in [-0.25, -0.2) is 0 Å². The van der Waals surface area contributed by atoms with Crippen molar-refractivity contribution in [2.75, 3.05) is 14.2 Å². The Morgan fingerprint density at radius 2 is 1.57 bits per heavy atom. The van der Waals surface area contributed by atoms with Crippen molar-refractivity contribution in [3.8, 4) is 0 Å². The highest BCUT2D eigenvalue weighted by Gasteiger charge is 2.42. The highest BCUT2D eigenvalue weighted by Crippen LogP contribution is 2.29. The molecule has 2 heterocycles. The molecule has 21 heavy (non-hydrogen) atoms. The van der Waals surface area contributed by atoms with Gasteiger partial charge >= 0.3 is 0 Å². The topological polar surface area (TPSA) is 86.6 Å². The second kappa shape index (κ2) is 7.32. The van der Waals surface area contributed by atoms with Gasteiger partial charge in [0.1, 0.15) is 12.2 Å². The molecule has 0 spiro atoms. The Bertz CT molecular complexity index is 326. The summed E-state index contributed by atoms with van der Waals surface area (Å²) < 4.78 is 27.7. The molecule has 7 heteroatoms. The summed E-state index contributed by atoms with van der Waals surface area (Å²) in [5, 5.41) is 19.6. The number of rotatable bonds is 4. The normalized spacial score (nSPS) is 48.3. The molecular weight excluding hydrogens is 280 g/mol. The largest absolute Gasteiger partial charge is 0.388 e. The van der Waals surface area contributed by atoms with Crippen molar-refractivity contribution >= 4 is 0 Å². The third-order valence-electron chi connectivity index (χ3n) is 4.20. The maximum Gasteiger partial charge on any atom is 0.161 e. The zero-order valence-corrected chi connectivity index (χ0v) is 13.0. The lowest BCUT2D eigenvalue weighted by molar-refractivity contribution is -0.310. The number of hydrogen-bond donors (Lipinski definition) is 2. The molecular formula is C14H26O7. The molecule has 0 aliphatic carbocycles. The van der Waals surface area contributed by atoms with Crippen LogP contribution in [0.15, 0.2) is 0 Å². The Kier molecular flexibility index (Phi) is 5.96. The molecule has 8 atom stereocenters. The van der Waals surface area contributed by atoms with Crippen molar-refractivity contribution in [1.29, 1.82) is 0 Å². The molecule has 7 nitrogen and oxygen atoms in total. The Morgan fingerprint density at radius 1 is 0.905 bits per heavy atom. The van der Waals surface area contributed by atoms with Crippen molar-refractivity contribution < 1.29 is 33.9 Å². The molecule has 1 unspecified atom stereocenters. The number of aliphatic hydroxyl groups excluding tert-OH is 2. The zero-order valence-electron chi connectivity index (χ0n) is 13.0. The van der Waals surface area contributed by atoms with Crippen LogP contribution in [0.25, 0.3) is 0 Å². The van der Waals surface area contributed by atoms with E-state index >= 15 is 0 Å². The Hall–Kier alpha value is -0.280. The van der Waals surface area contributed by atoms with Gasteiger partial charge in [-0.3, -0.25) is 0 Å². The first-order chi connectivity index (χ1) is 9.96. The van der Waals surface area contributed by atoms with E-state index in [4.69, 9.17) is 23.7 Å². The average molecular weight is 306 g/mol. The van der Waals surface area contributed by atoms with E-state index in [9.17, 15) is 10.2 Å².